The van der Waals surface area contributed by atoms with Crippen LogP contribution >= 0.6 is 0 Å². The van der Waals surface area contributed by atoms with Gasteiger partial charge in [0.15, 0.2) is 0 Å². The fourth-order valence-corrected chi connectivity index (χ4v) is 2.42. The van der Waals surface area contributed by atoms with Crippen LogP contribution in [0.2, 0.25) is 0 Å². The Balaban J connectivity index is 1.65. The normalized spacial score (nSPS) is 11.4. The summed E-state index contributed by atoms with van der Waals surface area (Å²) in [5, 5.41) is 7.60. The van der Waals surface area contributed by atoms with Gasteiger partial charge in [-0.25, -0.2) is 9.42 Å². The molecule has 0 aliphatic rings. The molecule has 3 rings (SSSR count). The van der Waals surface area contributed by atoms with Gasteiger partial charge in [0.05, 0.1) is 0 Å². The van der Waals surface area contributed by atoms with Crippen LogP contribution in [0.1, 0.15) is 11.1 Å². The summed E-state index contributed by atoms with van der Waals surface area (Å²) in [6.07, 6.45) is 2.05. The Morgan fingerprint density at radius 2 is 2.04 bits per heavy atom. The average molecular weight is 315 g/mol. The second-order valence-electron chi connectivity index (χ2n) is 5.56. The van der Waals surface area contributed by atoms with Gasteiger partial charge in [0.1, 0.15) is 11.0 Å². The van der Waals surface area contributed by atoms with Crippen molar-refractivity contribution in [3.8, 4) is 0 Å². The number of nitrogens with zero attached hydrogens (tertiary/aromatic N) is 4. The maximum Gasteiger partial charge on any atom is 0.328 e. The Morgan fingerprint density at radius 3 is 2.87 bits per heavy atom. The van der Waals surface area contributed by atoms with Gasteiger partial charge in [-0.05, 0) is 41.5 Å². The number of hydrogen-bond donors (Lipinski definition) is 1. The van der Waals surface area contributed by atoms with Gasteiger partial charge in [0, 0.05) is 31.9 Å². The molecule has 0 saturated heterocycles. The maximum atomic E-state index is 12.0. The summed E-state index contributed by atoms with van der Waals surface area (Å²) in [6.45, 7) is 1.41. The number of rotatable bonds is 5. The molecule has 0 spiro atoms. The maximum absolute atomic E-state index is 12.0. The summed E-state index contributed by atoms with van der Waals surface area (Å²) in [6, 6.07) is 5.77. The van der Waals surface area contributed by atoms with E-state index in [0.29, 0.717) is 25.1 Å². The van der Waals surface area contributed by atoms with Crippen LogP contribution in [0, 0.1) is 0 Å². The molecule has 0 fully saturated rings. The first kappa shape index (κ1) is 15.2. The number of fused-ring (bicyclic) bond motifs is 1. The van der Waals surface area contributed by atoms with Crippen molar-refractivity contribution in [2.75, 3.05) is 13.6 Å². The highest BCUT2D eigenvalue weighted by Gasteiger charge is 2.08. The standard InChI is InChI=1S/C15H17N5O3/c1-19(6-5-11-8-16-15(22)20(2)14(11)21)9-10-3-4-12-13(7-10)18-23-17-12/h3-4,7-8H,5-6,9H2,1-2H3,(H,16,22). The lowest BCUT2D eigenvalue weighted by Crippen LogP contribution is -2.35. The molecule has 0 aliphatic heterocycles. The summed E-state index contributed by atoms with van der Waals surface area (Å²) < 4.78 is 5.77. The SMILES string of the molecule is CN(CCc1c[nH]c(=O)n(C)c1=O)Cc1ccc2nonc2c1. The number of aromatic amines is 1. The van der Waals surface area contributed by atoms with E-state index in [1.165, 1.54) is 13.2 Å². The van der Waals surface area contributed by atoms with Gasteiger partial charge in [-0.3, -0.25) is 9.36 Å². The van der Waals surface area contributed by atoms with Crippen molar-refractivity contribution in [2.24, 2.45) is 7.05 Å². The highest BCUT2D eigenvalue weighted by molar-refractivity contribution is 5.73. The first-order valence-electron chi connectivity index (χ1n) is 7.22. The third-order valence-corrected chi connectivity index (χ3v) is 3.79. The second-order valence-corrected chi connectivity index (χ2v) is 5.56. The van der Waals surface area contributed by atoms with Gasteiger partial charge in [-0.1, -0.05) is 6.07 Å². The molecular weight excluding hydrogens is 298 g/mol. The van der Waals surface area contributed by atoms with Gasteiger partial charge < -0.3 is 9.88 Å². The highest BCUT2D eigenvalue weighted by atomic mass is 16.6. The fraction of sp³-hybridized carbons (Fsp3) is 0.333. The largest absolute Gasteiger partial charge is 0.328 e. The minimum absolute atomic E-state index is 0.253. The molecule has 0 atom stereocenters. The Kier molecular flexibility index (Phi) is 4.07. The third-order valence-electron chi connectivity index (χ3n) is 3.79. The zero-order chi connectivity index (χ0) is 16.4. The van der Waals surface area contributed by atoms with Crippen molar-refractivity contribution < 1.29 is 4.63 Å². The van der Waals surface area contributed by atoms with Gasteiger partial charge >= 0.3 is 5.69 Å². The van der Waals surface area contributed by atoms with Gasteiger partial charge in [-0.2, -0.15) is 0 Å². The number of nitrogens with one attached hydrogen (secondary N) is 1. The molecule has 0 amide bonds. The molecule has 120 valence electrons. The van der Waals surface area contributed by atoms with E-state index in [2.05, 4.69) is 24.8 Å². The van der Waals surface area contributed by atoms with Crippen LogP contribution < -0.4 is 11.2 Å². The molecule has 2 heterocycles. The minimum Gasteiger partial charge on any atom is -0.314 e. The second kappa shape index (κ2) is 6.17. The lowest BCUT2D eigenvalue weighted by Gasteiger charge is -2.16. The summed E-state index contributed by atoms with van der Waals surface area (Å²) in [4.78, 5) is 28.0. The van der Waals surface area contributed by atoms with Gasteiger partial charge in [-0.15, -0.1) is 0 Å². The molecule has 0 unspecified atom stereocenters. The zero-order valence-electron chi connectivity index (χ0n) is 12.9. The Bertz CT molecular complexity index is 940. The molecule has 8 heteroatoms. The van der Waals surface area contributed by atoms with E-state index >= 15 is 0 Å². The van der Waals surface area contributed by atoms with E-state index in [4.69, 9.17) is 0 Å². The Labute approximate surface area is 131 Å². The van der Waals surface area contributed by atoms with E-state index in [1.807, 2.05) is 25.2 Å². The van der Waals surface area contributed by atoms with Crippen molar-refractivity contribution in [2.45, 2.75) is 13.0 Å². The van der Waals surface area contributed by atoms with Crippen molar-refractivity contribution in [3.63, 3.8) is 0 Å². The molecule has 23 heavy (non-hydrogen) atoms. The predicted molar refractivity (Wildman–Crippen MR) is 84.1 cm³/mol. The van der Waals surface area contributed by atoms with Crippen LogP contribution in [0.15, 0.2) is 38.6 Å². The molecule has 0 radical (unpaired) electrons. The summed E-state index contributed by atoms with van der Waals surface area (Å²) in [7, 11) is 3.44. The minimum atomic E-state index is -0.401. The average Bonchev–Trinajstić information content (AvgIpc) is 2.99. The van der Waals surface area contributed by atoms with Crippen LogP contribution in [0.4, 0.5) is 0 Å². The number of hydrogen-bond acceptors (Lipinski definition) is 6. The van der Waals surface area contributed by atoms with Crippen LogP contribution in [0.5, 0.6) is 0 Å². The monoisotopic (exact) mass is 315 g/mol. The molecular formula is C15H17N5O3. The Morgan fingerprint density at radius 1 is 1.26 bits per heavy atom. The summed E-state index contributed by atoms with van der Waals surface area (Å²) in [5.74, 6) is 0. The van der Waals surface area contributed by atoms with Gasteiger partial charge in [0.25, 0.3) is 5.56 Å². The Hall–Kier alpha value is -2.74. The van der Waals surface area contributed by atoms with Crippen molar-refractivity contribution in [1.29, 1.82) is 0 Å². The van der Waals surface area contributed by atoms with Gasteiger partial charge in [0.2, 0.25) is 0 Å². The number of aromatic nitrogens is 4. The van der Waals surface area contributed by atoms with Crippen molar-refractivity contribution >= 4 is 11.0 Å². The molecule has 0 bridgehead atoms. The van der Waals surface area contributed by atoms with E-state index in [1.54, 1.807) is 0 Å². The van der Waals surface area contributed by atoms with E-state index in [-0.39, 0.29) is 5.56 Å². The lowest BCUT2D eigenvalue weighted by atomic mass is 10.1. The third kappa shape index (κ3) is 3.21. The number of benzene rings is 1. The zero-order valence-corrected chi connectivity index (χ0v) is 12.9. The molecule has 3 aromatic rings. The smallest absolute Gasteiger partial charge is 0.314 e. The molecule has 0 saturated carbocycles. The molecule has 2 aromatic heterocycles. The van der Waals surface area contributed by atoms with E-state index in [0.717, 1.165) is 21.2 Å². The van der Waals surface area contributed by atoms with E-state index in [9.17, 15) is 9.59 Å². The van der Waals surface area contributed by atoms with Crippen LogP contribution in [-0.4, -0.2) is 38.4 Å². The van der Waals surface area contributed by atoms with E-state index < -0.39 is 5.69 Å². The highest BCUT2D eigenvalue weighted by Crippen LogP contribution is 2.13. The van der Waals surface area contributed by atoms with Crippen LogP contribution in [0.25, 0.3) is 11.0 Å². The lowest BCUT2D eigenvalue weighted by molar-refractivity contribution is 0.315. The summed E-state index contributed by atoms with van der Waals surface area (Å²) >= 11 is 0. The van der Waals surface area contributed by atoms with Crippen LogP contribution in [0.3, 0.4) is 0 Å². The first-order valence-corrected chi connectivity index (χ1v) is 7.22. The molecule has 1 N–H and O–H groups in total. The predicted octanol–water partition coefficient (Wildman–Crippen LogP) is 0.284. The quantitative estimate of drug-likeness (QED) is 0.726. The topological polar surface area (TPSA) is 97.0 Å². The van der Waals surface area contributed by atoms with Crippen LogP contribution in [-0.2, 0) is 20.0 Å². The molecule has 0 aliphatic carbocycles. The first-order chi connectivity index (χ1) is 11.0. The number of likely N-dealkylation sites (N-methyl/N-ethyl adjacent to an activating group) is 1. The fourth-order valence-electron chi connectivity index (χ4n) is 2.42. The summed E-state index contributed by atoms with van der Waals surface area (Å²) in [5.41, 5.74) is 2.48. The van der Waals surface area contributed by atoms with Crippen molar-refractivity contribution in [3.05, 3.63) is 56.4 Å². The number of H-pyrrole nitrogens is 1. The molecule has 1 aromatic carbocycles. The molecule has 8 nitrogen and oxygen atoms in total. The van der Waals surface area contributed by atoms with Crippen molar-refractivity contribution in [1.82, 2.24) is 24.8 Å².